The fraction of sp³-hybridized carbons (Fsp3) is 0. The Kier molecular flexibility index (Phi) is 19.8. The first-order chi connectivity index (χ1) is 68.9. The third-order valence-corrected chi connectivity index (χ3v) is 31.2. The topological polar surface area (TPSA) is 77.3 Å². The third-order valence-electron chi connectivity index (χ3n) is 27.6. The zero-order chi connectivity index (χ0) is 91.5. The quantitative estimate of drug-likeness (QED) is 0.127. The first kappa shape index (κ1) is 81.1. The zero-order valence-corrected chi connectivity index (χ0v) is 77.4. The minimum atomic E-state index is 0.879. The van der Waals surface area contributed by atoms with Gasteiger partial charge in [0, 0.05) is 126 Å². The van der Waals surface area contributed by atoms with E-state index >= 15 is 0 Å². The van der Waals surface area contributed by atoms with Crippen molar-refractivity contribution in [2.45, 2.75) is 0 Å². The highest BCUT2D eigenvalue weighted by Gasteiger charge is 2.26. The number of rotatable bonds is 10. The van der Waals surface area contributed by atoms with Crippen molar-refractivity contribution in [2.24, 2.45) is 0 Å². The standard InChI is InChI=1S/C46H28N2S.C44H26N2S.C40H24N2S/c1-2-12-29(13-3-1)30-24-26-31(27-25-30)42-43(48-45-39-20-7-5-17-36(39)35-16-4-6-19-38(35)44(45)47-42)33-15-10-14-32(28-33)34-21-11-22-40-37-18-8-9-23-41(37)49-46(34)40;1-2-16-30-27(12-1)13-10-23-35(30)41-40(45-42-36-20-5-3-17-32(36)33-18-4-6-21-37(33)43(42)46-41)29-15-9-14-28(26-29)31-22-11-24-38-34-19-7-8-25-39(34)47-44(31)38;1-2-12-25(13-3-1)36-37(42-39-33-20-7-5-17-30(33)29-16-4-6-19-32(29)38(39)41-36)27-15-10-14-26(24-27)28-21-11-22-34-31-18-8-9-23-35(31)43-40(28)34/h1-28H;1-26H;1-24H. The number of hydrogen-bond acceptors (Lipinski definition) is 9. The highest BCUT2D eigenvalue weighted by Crippen LogP contribution is 2.50. The second-order valence-electron chi connectivity index (χ2n) is 35.5. The van der Waals surface area contributed by atoms with Crippen LogP contribution >= 0.6 is 34.0 Å². The molecule has 646 valence electrons. The molecule has 0 fully saturated rings. The summed E-state index contributed by atoms with van der Waals surface area (Å²) in [6.07, 6.45) is 0. The predicted octanol–water partition coefficient (Wildman–Crippen LogP) is 36.7. The van der Waals surface area contributed by atoms with Crippen LogP contribution in [0.4, 0.5) is 0 Å². The summed E-state index contributed by atoms with van der Waals surface area (Å²) in [6.45, 7) is 0. The first-order valence-corrected chi connectivity index (χ1v) is 49.5. The molecule has 0 amide bonds. The average Bonchev–Trinajstić information content (AvgIpc) is 1.40. The van der Waals surface area contributed by atoms with Gasteiger partial charge in [-0.3, -0.25) is 0 Å². The van der Waals surface area contributed by atoms with Crippen LogP contribution in [0.2, 0.25) is 0 Å². The van der Waals surface area contributed by atoms with E-state index in [4.69, 9.17) is 29.9 Å². The van der Waals surface area contributed by atoms with Crippen LogP contribution in [0.3, 0.4) is 0 Å². The van der Waals surface area contributed by atoms with Gasteiger partial charge in [-0.05, 0) is 124 Å². The van der Waals surface area contributed by atoms with Crippen molar-refractivity contribution in [1.29, 1.82) is 0 Å². The summed E-state index contributed by atoms with van der Waals surface area (Å²) in [4.78, 5) is 33.1. The van der Waals surface area contributed by atoms with Crippen molar-refractivity contribution in [1.82, 2.24) is 29.9 Å². The van der Waals surface area contributed by atoms with Crippen molar-refractivity contribution in [3.05, 3.63) is 473 Å². The lowest BCUT2D eigenvalue weighted by molar-refractivity contribution is 1.31. The second-order valence-corrected chi connectivity index (χ2v) is 38.7. The Labute approximate surface area is 811 Å². The van der Waals surface area contributed by atoms with E-state index in [1.807, 2.05) is 40.1 Å². The Bertz CT molecular complexity index is 10100. The van der Waals surface area contributed by atoms with Crippen molar-refractivity contribution in [3.8, 4) is 112 Å². The molecule has 6 aromatic heterocycles. The van der Waals surface area contributed by atoms with Crippen LogP contribution in [0, 0.1) is 0 Å². The molecule has 0 atom stereocenters. The number of thiophene rings is 3. The molecule has 0 unspecified atom stereocenters. The Balaban J connectivity index is 0.000000105. The molecule has 29 rings (SSSR count). The maximum atomic E-state index is 5.58. The molecule has 0 saturated heterocycles. The second kappa shape index (κ2) is 33.9. The lowest BCUT2D eigenvalue weighted by Gasteiger charge is -2.16. The largest absolute Gasteiger partial charge is 0.243 e. The summed E-state index contributed by atoms with van der Waals surface area (Å²) in [5, 5.41) is 24.1. The van der Waals surface area contributed by atoms with E-state index in [2.05, 4.69) is 467 Å². The van der Waals surface area contributed by atoms with Gasteiger partial charge in [0.15, 0.2) is 0 Å². The SMILES string of the molecule is c1cc(-c2nc3c4ccccc4c4ccccc4c3nc2-c2cccc3ccccc23)cc(-c2cccc3c2sc2ccccc23)c1.c1ccc(-c2ccc(-c3nc4c5ccccc5c5ccccc5c4nc3-c3cccc(-c4cccc5c4sc4ccccc45)c3)cc2)cc1.c1ccc(-c2nc3c4ccccc4c4ccccc4c3nc2-c2cccc(-c3cccc4c3sc3ccccc34)c2)cc1. The Morgan fingerprint density at radius 2 is 0.331 bits per heavy atom. The number of aromatic nitrogens is 6. The van der Waals surface area contributed by atoms with Gasteiger partial charge in [-0.2, -0.15) is 0 Å². The highest BCUT2D eigenvalue weighted by atomic mass is 32.1. The van der Waals surface area contributed by atoms with Crippen LogP contribution < -0.4 is 0 Å². The zero-order valence-electron chi connectivity index (χ0n) is 74.9. The van der Waals surface area contributed by atoms with E-state index in [1.54, 1.807) is 0 Å². The monoisotopic (exact) mass is 1820 g/mol. The minimum absolute atomic E-state index is 0.879. The Morgan fingerprint density at radius 3 is 0.683 bits per heavy atom. The smallest absolute Gasteiger partial charge is 0.0979 e. The van der Waals surface area contributed by atoms with Crippen LogP contribution in [0.1, 0.15) is 0 Å². The molecule has 6 heterocycles. The van der Waals surface area contributed by atoms with Gasteiger partial charge < -0.3 is 0 Å². The van der Waals surface area contributed by atoms with Crippen molar-refractivity contribution in [2.75, 3.05) is 0 Å². The molecular formula is C130H78N6S3. The third kappa shape index (κ3) is 13.9. The molecule has 23 aromatic carbocycles. The lowest BCUT2D eigenvalue weighted by atomic mass is 9.94. The number of hydrogen-bond donors (Lipinski definition) is 0. The molecule has 0 aliphatic rings. The molecule has 0 aliphatic carbocycles. The van der Waals surface area contributed by atoms with Gasteiger partial charge in [0.05, 0.1) is 67.3 Å². The number of fused-ring (bicyclic) bond motifs is 28. The highest BCUT2D eigenvalue weighted by molar-refractivity contribution is 7.27. The number of nitrogens with zero attached hydrogens (tertiary/aromatic N) is 6. The maximum absolute atomic E-state index is 5.58. The Morgan fingerprint density at radius 1 is 0.122 bits per heavy atom. The van der Waals surface area contributed by atoms with Gasteiger partial charge >= 0.3 is 0 Å². The van der Waals surface area contributed by atoms with Crippen molar-refractivity contribution < 1.29 is 0 Å². The van der Waals surface area contributed by atoms with Crippen molar-refractivity contribution >= 4 is 203 Å². The van der Waals surface area contributed by atoms with Crippen LogP contribution in [0.5, 0.6) is 0 Å². The predicted molar refractivity (Wildman–Crippen MR) is 594 cm³/mol. The van der Waals surface area contributed by atoms with Crippen molar-refractivity contribution in [3.63, 3.8) is 0 Å². The van der Waals surface area contributed by atoms with E-state index in [-0.39, 0.29) is 0 Å². The first-order valence-electron chi connectivity index (χ1n) is 47.0. The normalized spacial score (nSPS) is 11.7. The van der Waals surface area contributed by atoms with E-state index in [0.717, 1.165) is 133 Å². The fourth-order valence-corrected chi connectivity index (χ4v) is 24.8. The summed E-state index contributed by atoms with van der Waals surface area (Å²) in [7, 11) is 0. The average molecular weight is 1820 g/mol. The van der Waals surface area contributed by atoms with Gasteiger partial charge in [-0.1, -0.05) is 437 Å². The molecule has 0 bridgehead atoms. The van der Waals surface area contributed by atoms with E-state index in [9.17, 15) is 0 Å². The van der Waals surface area contributed by atoms with E-state index in [1.165, 1.54) is 148 Å². The van der Waals surface area contributed by atoms with E-state index < -0.39 is 0 Å². The summed E-state index contributed by atoms with van der Waals surface area (Å²) in [5.74, 6) is 0. The molecule has 0 saturated carbocycles. The summed E-state index contributed by atoms with van der Waals surface area (Å²) < 4.78 is 7.85. The van der Waals surface area contributed by atoms with Gasteiger partial charge in [0.2, 0.25) is 0 Å². The summed E-state index contributed by atoms with van der Waals surface area (Å²) >= 11 is 5.58. The van der Waals surface area contributed by atoms with Crippen LogP contribution in [-0.4, -0.2) is 29.9 Å². The fourth-order valence-electron chi connectivity index (χ4n) is 21.1. The number of benzene rings is 23. The molecular weight excluding hydrogens is 1740 g/mol. The lowest BCUT2D eigenvalue weighted by Crippen LogP contribution is -1.98. The van der Waals surface area contributed by atoms with Crippen LogP contribution in [0.15, 0.2) is 473 Å². The molecule has 9 heteroatoms. The molecule has 0 spiro atoms. The summed E-state index contributed by atoms with van der Waals surface area (Å²) in [5.41, 5.74) is 26.8. The molecule has 6 nitrogen and oxygen atoms in total. The molecule has 0 N–H and O–H groups in total. The molecule has 0 aliphatic heterocycles. The molecule has 29 aromatic rings. The Hall–Kier alpha value is -17.4. The molecule has 139 heavy (non-hydrogen) atoms. The van der Waals surface area contributed by atoms with Gasteiger partial charge in [0.1, 0.15) is 0 Å². The van der Waals surface area contributed by atoms with Gasteiger partial charge in [0.25, 0.3) is 0 Å². The van der Waals surface area contributed by atoms with Gasteiger partial charge in [-0.15, -0.1) is 34.0 Å². The maximum Gasteiger partial charge on any atom is 0.0979 e. The van der Waals surface area contributed by atoms with Crippen LogP contribution in [0.25, 0.3) is 281 Å². The van der Waals surface area contributed by atoms with E-state index in [0.29, 0.717) is 0 Å². The minimum Gasteiger partial charge on any atom is -0.243 e. The van der Waals surface area contributed by atoms with Crippen LogP contribution in [-0.2, 0) is 0 Å². The molecule has 0 radical (unpaired) electrons. The summed E-state index contributed by atoms with van der Waals surface area (Å²) in [6, 6.07) is 169. The van der Waals surface area contributed by atoms with Gasteiger partial charge in [-0.25, -0.2) is 29.9 Å².